The highest BCUT2D eigenvalue weighted by Gasteiger charge is 2.58. The van der Waals surface area contributed by atoms with E-state index >= 15 is 0 Å². The van der Waals surface area contributed by atoms with E-state index in [-0.39, 0.29) is 11.4 Å². The van der Waals surface area contributed by atoms with Crippen molar-refractivity contribution in [3.63, 3.8) is 0 Å². The molecule has 2 saturated carbocycles. The molecule has 0 radical (unpaired) electrons. The van der Waals surface area contributed by atoms with E-state index in [4.69, 9.17) is 10.1 Å². The Morgan fingerprint density at radius 2 is 2.03 bits per heavy atom. The smallest absolute Gasteiger partial charge is 0.305 e. The van der Waals surface area contributed by atoms with Crippen LogP contribution in [0.2, 0.25) is 0 Å². The van der Waals surface area contributed by atoms with Crippen LogP contribution in [0.25, 0.3) is 0 Å². The van der Waals surface area contributed by atoms with Gasteiger partial charge in [0.05, 0.1) is 6.61 Å². The number of carbonyl (C=O) groups is 1. The van der Waals surface area contributed by atoms with Gasteiger partial charge in [-0.1, -0.05) is 32.9 Å². The molecule has 0 amide bonds. The third-order valence-electron chi connectivity index (χ3n) is 9.42. The molecular formula is C26H39NO2. The Balaban J connectivity index is 1.51. The summed E-state index contributed by atoms with van der Waals surface area (Å²) < 4.78 is 5.16. The molecule has 2 fully saturated rings. The van der Waals surface area contributed by atoms with Crippen LogP contribution in [-0.2, 0) is 9.53 Å². The van der Waals surface area contributed by atoms with Crippen molar-refractivity contribution < 1.29 is 9.53 Å². The number of rotatable bonds is 5. The first-order valence-electron chi connectivity index (χ1n) is 11.9. The second-order valence-electron chi connectivity index (χ2n) is 10.7. The van der Waals surface area contributed by atoms with Crippen molar-refractivity contribution in [2.45, 2.75) is 79.1 Å². The Morgan fingerprint density at radius 1 is 1.24 bits per heavy atom. The van der Waals surface area contributed by atoms with Gasteiger partial charge in [-0.25, -0.2) is 0 Å². The van der Waals surface area contributed by atoms with Crippen molar-refractivity contribution in [2.24, 2.45) is 40.4 Å². The standard InChI is InChI=1S/C26H39NO2/c1-5-29-24(28)11-6-17(2)21-9-10-22-20-8-7-18-16-19(27)12-14-25(18,3)23(20)13-15-26(21,22)4/h7-8,16-17,20-23,27H,5-6,9-15H2,1-4H3/t17-,20?,21-,22?,23?,25+,26-/m1/s1. The Kier molecular flexibility index (Phi) is 5.55. The molecule has 0 aromatic carbocycles. The van der Waals surface area contributed by atoms with E-state index in [2.05, 4.69) is 39.0 Å². The van der Waals surface area contributed by atoms with Gasteiger partial charge >= 0.3 is 5.97 Å². The van der Waals surface area contributed by atoms with Crippen LogP contribution in [0.15, 0.2) is 23.8 Å². The lowest BCUT2D eigenvalue weighted by atomic mass is 9.48. The van der Waals surface area contributed by atoms with Crippen molar-refractivity contribution in [1.82, 2.24) is 0 Å². The van der Waals surface area contributed by atoms with Gasteiger partial charge in [-0.15, -0.1) is 0 Å². The minimum Gasteiger partial charge on any atom is -0.466 e. The first kappa shape index (κ1) is 20.9. The SMILES string of the molecule is CCOC(=O)CC[C@@H](C)[C@H]1CCC2C3C=CC4=CC(=N)CC[C@]4(C)C3CC[C@@]21C. The van der Waals surface area contributed by atoms with Crippen LogP contribution < -0.4 is 0 Å². The Hall–Kier alpha value is -1.38. The van der Waals surface area contributed by atoms with Crippen molar-refractivity contribution in [2.75, 3.05) is 6.61 Å². The molecule has 4 aliphatic rings. The number of carbonyl (C=O) groups excluding carboxylic acids is 1. The van der Waals surface area contributed by atoms with Gasteiger partial charge in [0, 0.05) is 12.1 Å². The maximum atomic E-state index is 11.9. The van der Waals surface area contributed by atoms with Crippen molar-refractivity contribution in [1.29, 1.82) is 5.41 Å². The summed E-state index contributed by atoms with van der Waals surface area (Å²) in [5.74, 6) is 3.46. The largest absolute Gasteiger partial charge is 0.466 e. The van der Waals surface area contributed by atoms with E-state index in [1.165, 1.54) is 31.3 Å². The molecule has 4 rings (SSSR count). The van der Waals surface area contributed by atoms with Gasteiger partial charge in [0.2, 0.25) is 0 Å². The fraction of sp³-hybridized carbons (Fsp3) is 0.769. The second kappa shape index (κ2) is 7.71. The van der Waals surface area contributed by atoms with Gasteiger partial charge in [-0.05, 0) is 104 Å². The molecule has 4 aliphatic carbocycles. The summed E-state index contributed by atoms with van der Waals surface area (Å²) in [6, 6.07) is 0. The fourth-order valence-corrected chi connectivity index (χ4v) is 7.78. The van der Waals surface area contributed by atoms with Crippen molar-refractivity contribution >= 4 is 11.7 Å². The third kappa shape index (κ3) is 3.43. The number of hydrogen-bond donors (Lipinski definition) is 1. The second-order valence-corrected chi connectivity index (χ2v) is 10.7. The molecule has 0 aromatic heterocycles. The number of fused-ring (bicyclic) bond motifs is 5. The predicted octanol–water partition coefficient (Wildman–Crippen LogP) is 6.34. The number of nitrogens with one attached hydrogen (secondary N) is 1. The summed E-state index contributed by atoms with van der Waals surface area (Å²) in [7, 11) is 0. The monoisotopic (exact) mass is 397 g/mol. The normalized spacial score (nSPS) is 41.8. The first-order chi connectivity index (χ1) is 13.8. The highest BCUT2D eigenvalue weighted by Crippen LogP contribution is 2.66. The van der Waals surface area contributed by atoms with Crippen LogP contribution in [0.4, 0.5) is 0 Å². The van der Waals surface area contributed by atoms with E-state index in [1.54, 1.807) is 0 Å². The third-order valence-corrected chi connectivity index (χ3v) is 9.42. The minimum atomic E-state index is -0.0342. The molecule has 0 heterocycles. The van der Waals surface area contributed by atoms with Gasteiger partial charge in [0.1, 0.15) is 0 Å². The summed E-state index contributed by atoms with van der Waals surface area (Å²) in [6.45, 7) is 9.78. The number of hydrogen-bond acceptors (Lipinski definition) is 3. The highest BCUT2D eigenvalue weighted by atomic mass is 16.5. The van der Waals surface area contributed by atoms with E-state index in [1.807, 2.05) is 6.92 Å². The van der Waals surface area contributed by atoms with Crippen LogP contribution in [0.3, 0.4) is 0 Å². The molecule has 1 N–H and O–H groups in total. The van der Waals surface area contributed by atoms with Gasteiger partial charge in [0.15, 0.2) is 0 Å². The van der Waals surface area contributed by atoms with Crippen LogP contribution >= 0.6 is 0 Å². The zero-order valence-electron chi connectivity index (χ0n) is 18.8. The molecule has 0 bridgehead atoms. The lowest BCUT2D eigenvalue weighted by molar-refractivity contribution is -0.143. The zero-order chi connectivity index (χ0) is 20.8. The van der Waals surface area contributed by atoms with Crippen LogP contribution in [0.1, 0.15) is 79.1 Å². The zero-order valence-corrected chi connectivity index (χ0v) is 18.8. The summed E-state index contributed by atoms with van der Waals surface area (Å²) in [6.07, 6.45) is 15.9. The predicted molar refractivity (Wildman–Crippen MR) is 118 cm³/mol. The maximum Gasteiger partial charge on any atom is 0.305 e. The van der Waals surface area contributed by atoms with Crippen LogP contribution in [0, 0.1) is 45.8 Å². The average molecular weight is 398 g/mol. The van der Waals surface area contributed by atoms with E-state index in [0.29, 0.717) is 30.3 Å². The highest BCUT2D eigenvalue weighted by molar-refractivity contribution is 5.94. The summed E-state index contributed by atoms with van der Waals surface area (Å²) in [4.78, 5) is 11.9. The first-order valence-corrected chi connectivity index (χ1v) is 11.9. The van der Waals surface area contributed by atoms with E-state index in [9.17, 15) is 4.79 Å². The fourth-order valence-electron chi connectivity index (χ4n) is 7.78. The van der Waals surface area contributed by atoms with Crippen LogP contribution in [-0.4, -0.2) is 18.3 Å². The number of allylic oxidation sites excluding steroid dienone is 4. The Morgan fingerprint density at radius 3 is 2.79 bits per heavy atom. The molecule has 160 valence electrons. The molecular weight excluding hydrogens is 358 g/mol. The van der Waals surface area contributed by atoms with Gasteiger partial charge in [-0.2, -0.15) is 0 Å². The lowest BCUT2D eigenvalue weighted by Crippen LogP contribution is -2.49. The molecule has 7 atom stereocenters. The number of esters is 1. The molecule has 29 heavy (non-hydrogen) atoms. The molecule has 0 aliphatic heterocycles. The topological polar surface area (TPSA) is 50.2 Å². The van der Waals surface area contributed by atoms with Crippen molar-refractivity contribution in [3.05, 3.63) is 23.8 Å². The molecule has 3 heteroatoms. The van der Waals surface area contributed by atoms with Crippen molar-refractivity contribution in [3.8, 4) is 0 Å². The number of ether oxygens (including phenoxy) is 1. The van der Waals surface area contributed by atoms with Gasteiger partial charge in [-0.3, -0.25) is 4.79 Å². The summed E-state index contributed by atoms with van der Waals surface area (Å²) >= 11 is 0. The molecule has 0 aromatic rings. The lowest BCUT2D eigenvalue weighted by Gasteiger charge is -2.56. The van der Waals surface area contributed by atoms with E-state index in [0.717, 1.165) is 42.7 Å². The Bertz CT molecular complexity index is 737. The Labute approximate surface area is 176 Å². The van der Waals surface area contributed by atoms with E-state index < -0.39 is 0 Å². The molecule has 0 spiro atoms. The van der Waals surface area contributed by atoms with Gasteiger partial charge in [0.25, 0.3) is 0 Å². The average Bonchev–Trinajstić information content (AvgIpc) is 3.04. The van der Waals surface area contributed by atoms with Gasteiger partial charge < -0.3 is 10.1 Å². The summed E-state index contributed by atoms with van der Waals surface area (Å²) in [5, 5.41) is 8.11. The quantitative estimate of drug-likeness (QED) is 0.550. The summed E-state index contributed by atoms with van der Waals surface area (Å²) in [5.41, 5.74) is 2.88. The molecule has 3 nitrogen and oxygen atoms in total. The molecule has 3 unspecified atom stereocenters. The molecule has 0 saturated heterocycles. The maximum absolute atomic E-state index is 11.9. The minimum absolute atomic E-state index is 0.0342. The van der Waals surface area contributed by atoms with Crippen LogP contribution in [0.5, 0.6) is 0 Å².